The Labute approximate surface area is 122 Å². The molecular weight excluding hydrogens is 254 g/mol. The van der Waals surface area contributed by atoms with Crippen molar-refractivity contribution in [3.63, 3.8) is 0 Å². The van der Waals surface area contributed by atoms with E-state index < -0.39 is 0 Å². The molecule has 0 saturated carbocycles. The van der Waals surface area contributed by atoms with E-state index in [1.807, 2.05) is 11.3 Å². The van der Waals surface area contributed by atoms with Crippen LogP contribution >= 0.6 is 11.3 Å². The number of rotatable bonds is 11. The van der Waals surface area contributed by atoms with Crippen LogP contribution in [0, 0.1) is 6.92 Å². The van der Waals surface area contributed by atoms with Crippen molar-refractivity contribution in [2.24, 2.45) is 0 Å². The third kappa shape index (κ3) is 7.71. The first-order valence-electron chi connectivity index (χ1n) is 7.59. The predicted molar refractivity (Wildman–Crippen MR) is 84.9 cm³/mol. The van der Waals surface area contributed by atoms with E-state index in [-0.39, 0.29) is 0 Å². The van der Waals surface area contributed by atoms with Crippen molar-refractivity contribution < 1.29 is 4.74 Å². The van der Waals surface area contributed by atoms with Crippen molar-refractivity contribution in [2.75, 3.05) is 13.2 Å². The fraction of sp³-hybridized carbons (Fsp3) is 0.750. The first kappa shape index (κ1) is 16.7. The summed E-state index contributed by atoms with van der Waals surface area (Å²) >= 11 is 1.83. The smallest absolute Gasteiger partial charge is 0.0594 e. The zero-order valence-corrected chi connectivity index (χ0v) is 13.5. The van der Waals surface area contributed by atoms with Gasteiger partial charge in [0.1, 0.15) is 0 Å². The van der Waals surface area contributed by atoms with E-state index in [1.165, 1.54) is 42.5 Å². The second kappa shape index (κ2) is 10.4. The fourth-order valence-corrected chi connectivity index (χ4v) is 2.94. The molecular formula is C16H29NOS. The third-order valence-electron chi connectivity index (χ3n) is 3.40. The Kier molecular flexibility index (Phi) is 9.14. The molecule has 1 rings (SSSR count). The van der Waals surface area contributed by atoms with Gasteiger partial charge in [-0.1, -0.05) is 32.6 Å². The Morgan fingerprint density at radius 1 is 1.32 bits per heavy atom. The summed E-state index contributed by atoms with van der Waals surface area (Å²) in [5, 5.41) is 5.60. The van der Waals surface area contributed by atoms with Crippen LogP contribution in [-0.4, -0.2) is 19.3 Å². The van der Waals surface area contributed by atoms with Gasteiger partial charge in [-0.3, -0.25) is 0 Å². The minimum absolute atomic E-state index is 0.405. The molecule has 0 aliphatic carbocycles. The van der Waals surface area contributed by atoms with Crippen LogP contribution in [0.2, 0.25) is 0 Å². The number of nitrogens with one attached hydrogen (secondary N) is 1. The Morgan fingerprint density at radius 3 is 2.84 bits per heavy atom. The number of ether oxygens (including phenoxy) is 1. The number of hydrogen-bond donors (Lipinski definition) is 1. The Morgan fingerprint density at radius 2 is 2.16 bits per heavy atom. The minimum atomic E-state index is 0.405. The summed E-state index contributed by atoms with van der Waals surface area (Å²) in [6.07, 6.45) is 6.92. The highest BCUT2D eigenvalue weighted by Crippen LogP contribution is 2.14. The van der Waals surface area contributed by atoms with Gasteiger partial charge in [0.05, 0.1) is 12.7 Å². The van der Waals surface area contributed by atoms with Gasteiger partial charge in [0.15, 0.2) is 0 Å². The van der Waals surface area contributed by atoms with Crippen LogP contribution in [0.3, 0.4) is 0 Å². The van der Waals surface area contributed by atoms with Gasteiger partial charge in [-0.15, -0.1) is 11.3 Å². The van der Waals surface area contributed by atoms with Crippen LogP contribution in [0.25, 0.3) is 0 Å². The van der Waals surface area contributed by atoms with Crippen molar-refractivity contribution in [3.8, 4) is 0 Å². The highest BCUT2D eigenvalue weighted by molar-refractivity contribution is 7.10. The molecule has 1 aromatic heterocycles. The summed E-state index contributed by atoms with van der Waals surface area (Å²) in [5.41, 5.74) is 1.39. The molecule has 110 valence electrons. The van der Waals surface area contributed by atoms with Gasteiger partial charge in [0.25, 0.3) is 0 Å². The average Bonchev–Trinajstić information content (AvgIpc) is 2.80. The maximum absolute atomic E-state index is 5.81. The summed E-state index contributed by atoms with van der Waals surface area (Å²) in [4.78, 5) is 1.44. The molecule has 0 radical (unpaired) electrons. The van der Waals surface area contributed by atoms with Gasteiger partial charge in [0, 0.05) is 18.0 Å². The van der Waals surface area contributed by atoms with Gasteiger partial charge < -0.3 is 10.1 Å². The number of thiophene rings is 1. The standard InChI is InChI=1S/C16H29NOS/c1-4-5-6-7-8-15(3)18-11-10-17-13-16-14(2)9-12-19-16/h9,12,15,17H,4-8,10-11,13H2,1-3H3. The molecule has 1 N–H and O–H groups in total. The molecule has 1 unspecified atom stereocenters. The van der Waals surface area contributed by atoms with Gasteiger partial charge in [-0.2, -0.15) is 0 Å². The van der Waals surface area contributed by atoms with Crippen molar-refractivity contribution in [2.45, 2.75) is 65.5 Å². The van der Waals surface area contributed by atoms with E-state index in [0.29, 0.717) is 6.10 Å². The molecule has 0 amide bonds. The van der Waals surface area contributed by atoms with Crippen molar-refractivity contribution in [1.29, 1.82) is 0 Å². The molecule has 2 nitrogen and oxygen atoms in total. The molecule has 0 saturated heterocycles. The van der Waals surface area contributed by atoms with Gasteiger partial charge >= 0.3 is 0 Å². The lowest BCUT2D eigenvalue weighted by Crippen LogP contribution is -2.21. The van der Waals surface area contributed by atoms with Gasteiger partial charge in [-0.05, 0) is 37.3 Å². The zero-order valence-electron chi connectivity index (χ0n) is 12.7. The second-order valence-corrected chi connectivity index (χ2v) is 6.23. The SMILES string of the molecule is CCCCCCC(C)OCCNCc1sccc1C. The number of unbranched alkanes of at least 4 members (excludes halogenated alkanes) is 3. The molecule has 19 heavy (non-hydrogen) atoms. The summed E-state index contributed by atoms with van der Waals surface area (Å²) in [6, 6.07) is 2.18. The van der Waals surface area contributed by atoms with E-state index in [2.05, 4.69) is 37.5 Å². The lowest BCUT2D eigenvalue weighted by Gasteiger charge is -2.13. The second-order valence-electron chi connectivity index (χ2n) is 5.23. The summed E-state index contributed by atoms with van der Waals surface area (Å²) in [6.45, 7) is 9.34. The summed E-state index contributed by atoms with van der Waals surface area (Å²) in [5.74, 6) is 0. The first-order chi connectivity index (χ1) is 9.24. The average molecular weight is 283 g/mol. The van der Waals surface area contributed by atoms with Crippen molar-refractivity contribution in [1.82, 2.24) is 5.32 Å². The molecule has 1 heterocycles. The van der Waals surface area contributed by atoms with Crippen LogP contribution < -0.4 is 5.32 Å². The minimum Gasteiger partial charge on any atom is -0.377 e. The van der Waals surface area contributed by atoms with Gasteiger partial charge in [-0.25, -0.2) is 0 Å². The molecule has 1 atom stereocenters. The Hall–Kier alpha value is -0.380. The molecule has 0 bridgehead atoms. The van der Waals surface area contributed by atoms with Gasteiger partial charge in [0.2, 0.25) is 0 Å². The Balaban J connectivity index is 1.94. The summed E-state index contributed by atoms with van der Waals surface area (Å²) in [7, 11) is 0. The highest BCUT2D eigenvalue weighted by atomic mass is 32.1. The van der Waals surface area contributed by atoms with E-state index in [0.717, 1.165) is 19.7 Å². The summed E-state index contributed by atoms with van der Waals surface area (Å²) < 4.78 is 5.81. The maximum atomic E-state index is 5.81. The van der Waals surface area contributed by atoms with Crippen LogP contribution in [0.5, 0.6) is 0 Å². The zero-order chi connectivity index (χ0) is 13.9. The highest BCUT2D eigenvalue weighted by Gasteiger charge is 2.02. The van der Waals surface area contributed by atoms with E-state index in [9.17, 15) is 0 Å². The van der Waals surface area contributed by atoms with E-state index in [4.69, 9.17) is 4.74 Å². The molecule has 0 aliphatic rings. The lowest BCUT2D eigenvalue weighted by molar-refractivity contribution is 0.0603. The molecule has 0 aliphatic heterocycles. The quantitative estimate of drug-likeness (QED) is 0.603. The van der Waals surface area contributed by atoms with Crippen molar-refractivity contribution in [3.05, 3.63) is 21.9 Å². The van der Waals surface area contributed by atoms with Crippen LogP contribution in [0.1, 0.15) is 56.4 Å². The largest absolute Gasteiger partial charge is 0.377 e. The predicted octanol–water partition coefficient (Wildman–Crippen LogP) is 4.52. The van der Waals surface area contributed by atoms with Crippen molar-refractivity contribution >= 4 is 11.3 Å². The number of hydrogen-bond acceptors (Lipinski definition) is 3. The molecule has 0 spiro atoms. The number of aryl methyl sites for hydroxylation is 1. The van der Waals surface area contributed by atoms with Crippen LogP contribution in [0.15, 0.2) is 11.4 Å². The fourth-order valence-electron chi connectivity index (χ4n) is 2.06. The third-order valence-corrected chi connectivity index (χ3v) is 4.42. The Bertz CT molecular complexity index is 324. The van der Waals surface area contributed by atoms with Crippen LogP contribution in [-0.2, 0) is 11.3 Å². The first-order valence-corrected chi connectivity index (χ1v) is 8.47. The maximum Gasteiger partial charge on any atom is 0.0594 e. The van der Waals surface area contributed by atoms with E-state index in [1.54, 1.807) is 0 Å². The van der Waals surface area contributed by atoms with Crippen LogP contribution in [0.4, 0.5) is 0 Å². The molecule has 0 fully saturated rings. The molecule has 1 aromatic rings. The van der Waals surface area contributed by atoms with E-state index >= 15 is 0 Å². The topological polar surface area (TPSA) is 21.3 Å². The molecule has 0 aromatic carbocycles. The lowest BCUT2D eigenvalue weighted by atomic mass is 10.1. The molecule has 3 heteroatoms. The normalized spacial score (nSPS) is 12.8. The monoisotopic (exact) mass is 283 g/mol.